The van der Waals surface area contributed by atoms with Crippen LogP contribution in [0.4, 0.5) is 0 Å². The van der Waals surface area contributed by atoms with E-state index in [1.54, 1.807) is 13.8 Å². The Labute approximate surface area is 94.5 Å². The number of ether oxygens (including phenoxy) is 1. The Morgan fingerprint density at radius 2 is 1.94 bits per heavy atom. The molecule has 0 bridgehead atoms. The Kier molecular flexibility index (Phi) is 6.14. The van der Waals surface area contributed by atoms with E-state index >= 15 is 0 Å². The molecule has 0 saturated heterocycles. The van der Waals surface area contributed by atoms with E-state index in [-0.39, 0.29) is 24.9 Å². The van der Waals surface area contributed by atoms with Gasteiger partial charge in [0.05, 0.1) is 13.0 Å². The van der Waals surface area contributed by atoms with Crippen molar-refractivity contribution in [2.75, 3.05) is 6.61 Å². The van der Waals surface area contributed by atoms with Crippen molar-refractivity contribution in [1.29, 1.82) is 0 Å². The number of hydrogen-bond donors (Lipinski definition) is 2. The molecule has 0 spiro atoms. The Morgan fingerprint density at radius 1 is 1.38 bits per heavy atom. The van der Waals surface area contributed by atoms with Gasteiger partial charge in [0.2, 0.25) is 11.8 Å². The largest absolute Gasteiger partial charge is 0.466 e. The van der Waals surface area contributed by atoms with Crippen LogP contribution >= 0.6 is 0 Å². The summed E-state index contributed by atoms with van der Waals surface area (Å²) >= 11 is 0. The quantitative estimate of drug-likeness (QED) is 0.604. The monoisotopic (exact) mass is 230 g/mol. The van der Waals surface area contributed by atoms with Crippen molar-refractivity contribution >= 4 is 17.8 Å². The highest BCUT2D eigenvalue weighted by Crippen LogP contribution is 2.09. The Balaban J connectivity index is 4.38. The van der Waals surface area contributed by atoms with Crippen molar-refractivity contribution in [2.24, 2.45) is 11.7 Å². The van der Waals surface area contributed by atoms with Crippen molar-refractivity contribution in [3.05, 3.63) is 0 Å². The lowest BCUT2D eigenvalue weighted by molar-refractivity contribution is -0.144. The fourth-order valence-corrected chi connectivity index (χ4v) is 1.31. The summed E-state index contributed by atoms with van der Waals surface area (Å²) in [6, 6.07) is -0.845. The predicted molar refractivity (Wildman–Crippen MR) is 57.2 cm³/mol. The molecule has 92 valence electrons. The highest BCUT2D eigenvalue weighted by atomic mass is 16.5. The lowest BCUT2D eigenvalue weighted by Crippen LogP contribution is -2.48. The van der Waals surface area contributed by atoms with Gasteiger partial charge in [0.15, 0.2) is 0 Å². The lowest BCUT2D eigenvalue weighted by atomic mass is 9.97. The molecule has 6 heteroatoms. The zero-order valence-corrected chi connectivity index (χ0v) is 9.78. The second-order valence-corrected chi connectivity index (χ2v) is 3.57. The number of carbonyl (C=O) groups excluding carboxylic acids is 3. The van der Waals surface area contributed by atoms with Crippen LogP contribution < -0.4 is 11.1 Å². The highest BCUT2D eigenvalue weighted by molar-refractivity contribution is 5.86. The van der Waals surface area contributed by atoms with E-state index in [1.807, 2.05) is 0 Å². The maximum absolute atomic E-state index is 11.2. The molecule has 2 atom stereocenters. The van der Waals surface area contributed by atoms with Crippen LogP contribution in [-0.2, 0) is 19.1 Å². The average Bonchev–Trinajstić information content (AvgIpc) is 2.13. The maximum Gasteiger partial charge on any atom is 0.306 e. The van der Waals surface area contributed by atoms with Gasteiger partial charge in [-0.25, -0.2) is 0 Å². The third-order valence-corrected chi connectivity index (χ3v) is 2.03. The third-order valence-electron chi connectivity index (χ3n) is 2.03. The second-order valence-electron chi connectivity index (χ2n) is 3.57. The normalized spacial score (nSPS) is 13.7. The smallest absolute Gasteiger partial charge is 0.306 e. The molecule has 0 saturated carbocycles. The number of hydrogen-bond acceptors (Lipinski definition) is 4. The van der Waals surface area contributed by atoms with E-state index in [4.69, 9.17) is 10.5 Å². The summed E-state index contributed by atoms with van der Waals surface area (Å²) in [5, 5.41) is 2.41. The van der Waals surface area contributed by atoms with E-state index in [1.165, 1.54) is 6.92 Å². The summed E-state index contributed by atoms with van der Waals surface area (Å²) < 4.78 is 4.74. The van der Waals surface area contributed by atoms with Gasteiger partial charge in [-0.05, 0) is 12.8 Å². The molecule has 6 nitrogen and oxygen atoms in total. The van der Waals surface area contributed by atoms with Gasteiger partial charge in [0.25, 0.3) is 0 Å². The number of nitrogens with one attached hydrogen (secondary N) is 1. The van der Waals surface area contributed by atoms with E-state index in [0.29, 0.717) is 0 Å². The molecule has 0 aromatic rings. The number of nitrogens with two attached hydrogens (primary N) is 1. The molecule has 0 radical (unpaired) electrons. The Morgan fingerprint density at radius 3 is 2.31 bits per heavy atom. The predicted octanol–water partition coefficient (Wildman–Crippen LogP) is -0.434. The van der Waals surface area contributed by atoms with Gasteiger partial charge in [-0.15, -0.1) is 0 Å². The first kappa shape index (κ1) is 14.4. The van der Waals surface area contributed by atoms with Crippen LogP contribution in [0.5, 0.6) is 0 Å². The van der Waals surface area contributed by atoms with Crippen molar-refractivity contribution < 1.29 is 19.1 Å². The van der Waals surface area contributed by atoms with E-state index in [0.717, 1.165) is 0 Å². The molecule has 0 fully saturated rings. The Hall–Kier alpha value is -1.59. The van der Waals surface area contributed by atoms with E-state index < -0.39 is 17.9 Å². The molecule has 2 amide bonds. The van der Waals surface area contributed by atoms with E-state index in [2.05, 4.69) is 5.32 Å². The number of carbonyl (C=O) groups is 3. The summed E-state index contributed by atoms with van der Waals surface area (Å²) in [6.07, 6.45) is 0.0434. The summed E-state index contributed by atoms with van der Waals surface area (Å²) in [5.41, 5.74) is 5.13. The number of primary amides is 1. The number of amides is 2. The standard InChI is InChI=1S/C10H18N2O4/c1-4-16-8(14)5-6(2)9(10(11)15)12-7(3)13/h6,9H,4-5H2,1-3H3,(H2,11,15)(H,12,13)/t6-,9-/m0/s1. The summed E-state index contributed by atoms with van der Waals surface area (Å²) in [7, 11) is 0. The molecule has 0 aliphatic heterocycles. The zero-order chi connectivity index (χ0) is 12.7. The van der Waals surface area contributed by atoms with Crippen LogP contribution in [0.2, 0.25) is 0 Å². The number of esters is 1. The van der Waals surface area contributed by atoms with Crippen molar-refractivity contribution in [2.45, 2.75) is 33.2 Å². The van der Waals surface area contributed by atoms with Crippen molar-refractivity contribution in [1.82, 2.24) is 5.32 Å². The van der Waals surface area contributed by atoms with E-state index in [9.17, 15) is 14.4 Å². The Bertz CT molecular complexity index is 278. The van der Waals surface area contributed by atoms with Gasteiger partial charge in [-0.1, -0.05) is 6.92 Å². The van der Waals surface area contributed by atoms with Gasteiger partial charge < -0.3 is 15.8 Å². The van der Waals surface area contributed by atoms with Gasteiger partial charge >= 0.3 is 5.97 Å². The van der Waals surface area contributed by atoms with Crippen LogP contribution in [0.3, 0.4) is 0 Å². The van der Waals surface area contributed by atoms with Crippen molar-refractivity contribution in [3.63, 3.8) is 0 Å². The second kappa shape index (κ2) is 6.81. The topological polar surface area (TPSA) is 98.5 Å². The summed E-state index contributed by atoms with van der Waals surface area (Å²) in [6.45, 7) is 4.92. The van der Waals surface area contributed by atoms with Crippen LogP contribution in [0, 0.1) is 5.92 Å². The molecule has 0 aromatic carbocycles. The van der Waals surface area contributed by atoms with Crippen molar-refractivity contribution in [3.8, 4) is 0 Å². The fraction of sp³-hybridized carbons (Fsp3) is 0.700. The molecule has 0 aromatic heterocycles. The zero-order valence-electron chi connectivity index (χ0n) is 9.78. The molecule has 0 aliphatic carbocycles. The first-order chi connectivity index (χ1) is 7.38. The van der Waals surface area contributed by atoms with Crippen LogP contribution in [0.15, 0.2) is 0 Å². The molecule has 0 unspecified atom stereocenters. The minimum absolute atomic E-state index is 0.0434. The molecular weight excluding hydrogens is 212 g/mol. The SMILES string of the molecule is CCOC(=O)C[C@H](C)[C@H](NC(C)=O)C(N)=O. The van der Waals surface area contributed by atoms with Gasteiger partial charge in [-0.2, -0.15) is 0 Å². The van der Waals surface area contributed by atoms with Gasteiger partial charge in [0, 0.05) is 6.92 Å². The minimum atomic E-state index is -0.845. The van der Waals surface area contributed by atoms with Gasteiger partial charge in [-0.3, -0.25) is 14.4 Å². The lowest BCUT2D eigenvalue weighted by Gasteiger charge is -2.20. The first-order valence-electron chi connectivity index (χ1n) is 5.10. The molecule has 0 aliphatic rings. The molecule has 0 heterocycles. The third kappa shape index (κ3) is 5.33. The van der Waals surface area contributed by atoms with Crippen LogP contribution in [0.1, 0.15) is 27.2 Å². The van der Waals surface area contributed by atoms with Crippen LogP contribution in [-0.4, -0.2) is 30.4 Å². The highest BCUT2D eigenvalue weighted by Gasteiger charge is 2.25. The van der Waals surface area contributed by atoms with Gasteiger partial charge in [0.1, 0.15) is 6.04 Å². The maximum atomic E-state index is 11.2. The molecular formula is C10H18N2O4. The molecule has 3 N–H and O–H groups in total. The van der Waals surface area contributed by atoms with Crippen LogP contribution in [0.25, 0.3) is 0 Å². The number of rotatable bonds is 6. The first-order valence-corrected chi connectivity index (χ1v) is 5.10. The molecule has 16 heavy (non-hydrogen) atoms. The molecule has 0 rings (SSSR count). The summed E-state index contributed by atoms with van der Waals surface area (Å²) in [4.78, 5) is 33.1. The summed E-state index contributed by atoms with van der Waals surface area (Å²) in [5.74, 6) is -1.82. The average molecular weight is 230 g/mol. The minimum Gasteiger partial charge on any atom is -0.466 e. The fourth-order valence-electron chi connectivity index (χ4n) is 1.31.